The summed E-state index contributed by atoms with van der Waals surface area (Å²) in [5.41, 5.74) is 7.90. The number of amides is 1. The smallest absolute Gasteiger partial charge is 0.273 e. The molecular weight excluding hydrogens is 448 g/mol. The largest absolute Gasteiger partial charge is 0.341 e. The number of piperidine rings is 2. The maximum Gasteiger partial charge on any atom is 0.273 e. The van der Waals surface area contributed by atoms with Gasteiger partial charge in [-0.3, -0.25) is 14.2 Å². The van der Waals surface area contributed by atoms with Crippen LogP contribution in [0, 0.1) is 11.3 Å². The normalized spacial score (nSPS) is 18.8. The fourth-order valence-electron chi connectivity index (χ4n) is 4.87. The molecule has 1 amide bonds. The zero-order chi connectivity index (χ0) is 23.7. The number of thiophene rings is 1. The molecule has 1 unspecified atom stereocenters. The summed E-state index contributed by atoms with van der Waals surface area (Å²) in [6.07, 6.45) is 5.03. The molecule has 2 fully saturated rings. The average molecular weight is 477 g/mol. The molecule has 2 aliphatic rings. The summed E-state index contributed by atoms with van der Waals surface area (Å²) < 4.78 is 2.11. The summed E-state index contributed by atoms with van der Waals surface area (Å²) in [7, 11) is 0. The predicted octanol–water partition coefficient (Wildman–Crippen LogP) is 2.93. The number of nitrogens with zero attached hydrogens (tertiary/aromatic N) is 5. The molecule has 0 spiro atoms. The van der Waals surface area contributed by atoms with E-state index in [9.17, 15) is 14.9 Å². The van der Waals surface area contributed by atoms with Gasteiger partial charge in [-0.05, 0) is 49.8 Å². The van der Waals surface area contributed by atoms with Gasteiger partial charge in [-0.2, -0.15) is 5.26 Å². The van der Waals surface area contributed by atoms with Crippen LogP contribution in [0.15, 0.2) is 35.1 Å². The predicted molar refractivity (Wildman–Crippen MR) is 133 cm³/mol. The van der Waals surface area contributed by atoms with Crippen LogP contribution in [-0.4, -0.2) is 52.6 Å². The molecule has 176 valence electrons. The van der Waals surface area contributed by atoms with E-state index in [1.807, 2.05) is 23.1 Å². The van der Waals surface area contributed by atoms with E-state index in [-0.39, 0.29) is 24.1 Å². The molecule has 2 aliphatic heterocycles. The zero-order valence-electron chi connectivity index (χ0n) is 19.1. The molecule has 5 rings (SSSR count). The number of fused-ring (bicyclic) bond motifs is 1. The van der Waals surface area contributed by atoms with Crippen molar-refractivity contribution in [2.45, 2.75) is 44.7 Å². The minimum absolute atomic E-state index is 0.0138. The van der Waals surface area contributed by atoms with Gasteiger partial charge in [0.2, 0.25) is 5.95 Å². The topological polar surface area (TPSA) is 108 Å². The average Bonchev–Trinajstić information content (AvgIpc) is 3.30. The molecule has 0 radical (unpaired) electrons. The molecule has 8 nitrogen and oxygen atoms in total. The highest BCUT2D eigenvalue weighted by Gasteiger charge is 2.26. The lowest BCUT2D eigenvalue weighted by Gasteiger charge is -2.33. The molecule has 0 saturated carbocycles. The van der Waals surface area contributed by atoms with Gasteiger partial charge < -0.3 is 15.5 Å². The number of benzene rings is 1. The number of nitrogens with two attached hydrogens (primary N) is 1. The molecule has 1 aromatic carbocycles. The quantitative estimate of drug-likeness (QED) is 0.620. The van der Waals surface area contributed by atoms with Crippen molar-refractivity contribution >= 4 is 33.4 Å². The molecule has 34 heavy (non-hydrogen) atoms. The SMILES string of the molecule is N#Cc1ccccc1Cn1c(N2CCCC(N)C2)nc2cc(C(=O)N3CCCCC3)sc2c1=O. The van der Waals surface area contributed by atoms with Crippen LogP contribution >= 0.6 is 11.3 Å². The van der Waals surface area contributed by atoms with Crippen LogP contribution in [0.25, 0.3) is 10.2 Å². The van der Waals surface area contributed by atoms with E-state index in [0.29, 0.717) is 33.2 Å². The highest BCUT2D eigenvalue weighted by Crippen LogP contribution is 2.27. The lowest BCUT2D eigenvalue weighted by molar-refractivity contribution is 0.0729. The standard InChI is InChI=1S/C25H28N6O2S/c26-14-17-7-2-3-8-18(17)15-31-24(33)22-20(28-25(31)30-12-6-9-19(27)16-30)13-21(34-22)23(32)29-10-4-1-5-11-29/h2-3,7-8,13,19H,1,4-6,9-12,15-16,27H2. The Kier molecular flexibility index (Phi) is 6.35. The van der Waals surface area contributed by atoms with Crippen molar-refractivity contribution in [1.29, 1.82) is 5.26 Å². The first-order valence-corrected chi connectivity index (χ1v) is 12.7. The Hall–Kier alpha value is -3.22. The van der Waals surface area contributed by atoms with Crippen molar-refractivity contribution in [3.8, 4) is 6.07 Å². The molecular formula is C25H28N6O2S. The van der Waals surface area contributed by atoms with E-state index in [0.717, 1.165) is 57.3 Å². The van der Waals surface area contributed by atoms with Gasteiger partial charge in [0.05, 0.1) is 28.6 Å². The first kappa shape index (κ1) is 22.6. The maximum absolute atomic E-state index is 13.8. The third kappa shape index (κ3) is 4.31. The first-order valence-electron chi connectivity index (χ1n) is 11.9. The minimum Gasteiger partial charge on any atom is -0.341 e. The number of carbonyl (C=O) groups excluding carboxylic acids is 1. The van der Waals surface area contributed by atoms with E-state index in [4.69, 9.17) is 10.7 Å². The Labute approximate surface area is 202 Å². The molecule has 3 aromatic rings. The van der Waals surface area contributed by atoms with Gasteiger partial charge in [0, 0.05) is 32.2 Å². The summed E-state index contributed by atoms with van der Waals surface area (Å²) in [6.45, 7) is 3.12. The van der Waals surface area contributed by atoms with E-state index >= 15 is 0 Å². The van der Waals surface area contributed by atoms with Crippen LogP contribution in [0.3, 0.4) is 0 Å². The van der Waals surface area contributed by atoms with Gasteiger partial charge in [0.25, 0.3) is 11.5 Å². The summed E-state index contributed by atoms with van der Waals surface area (Å²) in [5.74, 6) is 0.528. The molecule has 4 heterocycles. The van der Waals surface area contributed by atoms with Gasteiger partial charge in [-0.25, -0.2) is 4.98 Å². The molecule has 0 bridgehead atoms. The third-order valence-corrected chi connectivity index (χ3v) is 7.78. The lowest BCUT2D eigenvalue weighted by atomic mass is 10.1. The Morgan fingerprint density at radius 3 is 2.74 bits per heavy atom. The van der Waals surface area contributed by atoms with Crippen molar-refractivity contribution in [1.82, 2.24) is 14.5 Å². The van der Waals surface area contributed by atoms with E-state index < -0.39 is 0 Å². The number of carbonyl (C=O) groups is 1. The number of likely N-dealkylation sites (tertiary alicyclic amines) is 1. The van der Waals surface area contributed by atoms with Gasteiger partial charge in [0.1, 0.15) is 4.70 Å². The molecule has 2 saturated heterocycles. The second kappa shape index (κ2) is 9.57. The number of hydrogen-bond donors (Lipinski definition) is 1. The summed E-state index contributed by atoms with van der Waals surface area (Å²) in [6, 6.07) is 11.3. The second-order valence-corrected chi connectivity index (χ2v) is 10.2. The molecule has 0 aliphatic carbocycles. The van der Waals surface area contributed by atoms with Crippen molar-refractivity contribution in [2.75, 3.05) is 31.1 Å². The summed E-state index contributed by atoms with van der Waals surface area (Å²) >= 11 is 1.22. The van der Waals surface area contributed by atoms with Gasteiger partial charge in [-0.15, -0.1) is 11.3 Å². The highest BCUT2D eigenvalue weighted by molar-refractivity contribution is 7.20. The first-order chi connectivity index (χ1) is 16.5. The number of anilines is 1. The molecule has 9 heteroatoms. The number of aromatic nitrogens is 2. The number of nitriles is 1. The fourth-order valence-corrected chi connectivity index (χ4v) is 5.88. The van der Waals surface area contributed by atoms with E-state index in [2.05, 4.69) is 11.0 Å². The van der Waals surface area contributed by atoms with Crippen molar-refractivity contribution in [3.05, 3.63) is 56.7 Å². The Balaban J connectivity index is 1.61. The number of hydrogen-bond acceptors (Lipinski definition) is 7. The van der Waals surface area contributed by atoms with Crippen LogP contribution in [0.5, 0.6) is 0 Å². The van der Waals surface area contributed by atoms with Crippen LogP contribution in [-0.2, 0) is 6.54 Å². The van der Waals surface area contributed by atoms with Gasteiger partial charge in [-0.1, -0.05) is 18.2 Å². The van der Waals surface area contributed by atoms with Crippen LogP contribution in [0.4, 0.5) is 5.95 Å². The van der Waals surface area contributed by atoms with E-state index in [1.165, 1.54) is 11.3 Å². The minimum atomic E-state index is -0.186. The highest BCUT2D eigenvalue weighted by atomic mass is 32.1. The molecule has 2 N–H and O–H groups in total. The molecule has 2 aromatic heterocycles. The second-order valence-electron chi connectivity index (χ2n) is 9.10. The fraction of sp³-hybridized carbons (Fsp3) is 0.440. The van der Waals surface area contributed by atoms with Gasteiger partial charge in [0.15, 0.2) is 0 Å². The van der Waals surface area contributed by atoms with Crippen molar-refractivity contribution in [2.24, 2.45) is 5.73 Å². The maximum atomic E-state index is 13.8. The van der Waals surface area contributed by atoms with E-state index in [1.54, 1.807) is 16.7 Å². The van der Waals surface area contributed by atoms with Crippen molar-refractivity contribution < 1.29 is 4.79 Å². The summed E-state index contributed by atoms with van der Waals surface area (Å²) in [5, 5.41) is 9.56. The zero-order valence-corrected chi connectivity index (χ0v) is 19.9. The monoisotopic (exact) mass is 476 g/mol. The lowest BCUT2D eigenvalue weighted by Crippen LogP contribution is -2.45. The van der Waals surface area contributed by atoms with Gasteiger partial charge >= 0.3 is 0 Å². The third-order valence-electron chi connectivity index (χ3n) is 6.67. The Morgan fingerprint density at radius 1 is 1.18 bits per heavy atom. The van der Waals surface area contributed by atoms with Crippen LogP contribution in [0.1, 0.15) is 52.9 Å². The summed E-state index contributed by atoms with van der Waals surface area (Å²) in [4.78, 5) is 36.2. The van der Waals surface area contributed by atoms with Crippen LogP contribution < -0.4 is 16.2 Å². The number of rotatable bonds is 4. The van der Waals surface area contributed by atoms with Crippen molar-refractivity contribution in [3.63, 3.8) is 0 Å². The van der Waals surface area contributed by atoms with Crippen LogP contribution in [0.2, 0.25) is 0 Å². The molecule has 1 atom stereocenters. The Morgan fingerprint density at radius 2 is 1.97 bits per heavy atom. The Bertz CT molecular complexity index is 1320.